The third-order valence-electron chi connectivity index (χ3n) is 5.00. The van der Waals surface area contributed by atoms with Gasteiger partial charge < -0.3 is 24.2 Å². The predicted octanol–water partition coefficient (Wildman–Crippen LogP) is 4.59. The van der Waals surface area contributed by atoms with E-state index in [-0.39, 0.29) is 18.3 Å². The topological polar surface area (TPSA) is 132 Å². The number of hydrogen-bond donors (Lipinski definition) is 2. The van der Waals surface area contributed by atoms with Gasteiger partial charge in [-0.2, -0.15) is 0 Å². The van der Waals surface area contributed by atoms with Crippen LogP contribution < -0.4 is 10.6 Å². The highest BCUT2D eigenvalue weighted by atomic mass is 16.6. The van der Waals surface area contributed by atoms with Crippen molar-refractivity contribution in [3.05, 3.63) is 66.6 Å². The molecule has 4 rings (SSSR count). The molecule has 186 valence electrons. The Labute approximate surface area is 208 Å². The first-order valence-electron chi connectivity index (χ1n) is 11.4. The van der Waals surface area contributed by atoms with E-state index in [4.69, 9.17) is 13.6 Å². The van der Waals surface area contributed by atoms with Crippen LogP contribution in [0.15, 0.2) is 69.8 Å². The summed E-state index contributed by atoms with van der Waals surface area (Å²) in [6, 6.07) is 16.1. The molecule has 0 unspecified atom stereocenters. The van der Waals surface area contributed by atoms with Gasteiger partial charge in [-0.1, -0.05) is 36.4 Å². The van der Waals surface area contributed by atoms with Crippen molar-refractivity contribution < 1.29 is 23.2 Å². The summed E-state index contributed by atoms with van der Waals surface area (Å²) in [6.07, 6.45) is 0.664. The highest BCUT2D eigenvalue weighted by molar-refractivity contribution is 5.85. The van der Waals surface area contributed by atoms with Crippen LogP contribution in [-0.4, -0.2) is 38.8 Å². The van der Waals surface area contributed by atoms with Gasteiger partial charge in [-0.15, -0.1) is 10.2 Å². The lowest BCUT2D eigenvalue weighted by Crippen LogP contribution is -2.46. The number of carbonyl (C=O) groups is 2. The minimum Gasteiger partial charge on any atom is -0.444 e. The maximum Gasteiger partial charge on any atom is 0.408 e. The number of benzene rings is 2. The Balaban J connectivity index is 1.43. The van der Waals surface area contributed by atoms with Crippen molar-refractivity contribution in [1.82, 2.24) is 25.8 Å². The van der Waals surface area contributed by atoms with Gasteiger partial charge in [-0.05, 0) is 51.5 Å². The van der Waals surface area contributed by atoms with Gasteiger partial charge in [0.05, 0.1) is 0 Å². The number of oxazole rings is 1. The fraction of sp³-hybridized carbons (Fsp3) is 0.269. The molecule has 0 aliphatic rings. The van der Waals surface area contributed by atoms with Crippen LogP contribution >= 0.6 is 0 Å². The molecule has 10 nitrogen and oxygen atoms in total. The maximum atomic E-state index is 12.5. The Kier molecular flexibility index (Phi) is 7.14. The normalized spacial score (nSPS) is 12.1. The number of nitrogens with zero attached hydrogens (tertiary/aromatic N) is 3. The average Bonchev–Trinajstić information content (AvgIpc) is 3.52. The van der Waals surface area contributed by atoms with E-state index in [0.29, 0.717) is 17.3 Å². The Bertz CT molecular complexity index is 1340. The first-order chi connectivity index (χ1) is 17.2. The van der Waals surface area contributed by atoms with Gasteiger partial charge in [0.2, 0.25) is 11.8 Å². The monoisotopic (exact) mass is 489 g/mol. The largest absolute Gasteiger partial charge is 0.444 e. The molecule has 2 aromatic heterocycles. The average molecular weight is 490 g/mol. The van der Waals surface area contributed by atoms with Crippen LogP contribution in [0.25, 0.3) is 34.4 Å². The third kappa shape index (κ3) is 6.15. The molecule has 0 aliphatic carbocycles. The molecular weight excluding hydrogens is 462 g/mol. The van der Waals surface area contributed by atoms with Crippen LogP contribution in [-0.2, 0) is 16.1 Å². The molecule has 4 aromatic rings. The van der Waals surface area contributed by atoms with Crippen molar-refractivity contribution >= 4 is 12.0 Å². The molecule has 0 bridgehead atoms. The number of aromatic nitrogens is 3. The van der Waals surface area contributed by atoms with Gasteiger partial charge in [0.15, 0.2) is 17.8 Å². The zero-order valence-corrected chi connectivity index (χ0v) is 20.4. The molecule has 0 radical (unpaired) electrons. The Morgan fingerprint density at radius 3 is 2.47 bits per heavy atom. The summed E-state index contributed by atoms with van der Waals surface area (Å²) in [5, 5.41) is 13.6. The van der Waals surface area contributed by atoms with Crippen LogP contribution in [0.5, 0.6) is 0 Å². The molecule has 36 heavy (non-hydrogen) atoms. The second-order valence-corrected chi connectivity index (χ2v) is 9.09. The molecular formula is C26H27N5O5. The van der Waals surface area contributed by atoms with E-state index in [2.05, 4.69) is 25.8 Å². The number of rotatable bonds is 7. The fourth-order valence-electron chi connectivity index (χ4n) is 3.33. The molecule has 0 saturated heterocycles. The van der Waals surface area contributed by atoms with Crippen LogP contribution in [0.3, 0.4) is 0 Å². The summed E-state index contributed by atoms with van der Waals surface area (Å²) in [6.45, 7) is 7.10. The molecule has 0 saturated carbocycles. The summed E-state index contributed by atoms with van der Waals surface area (Å²) < 4.78 is 16.7. The van der Waals surface area contributed by atoms with Gasteiger partial charge in [-0.25, -0.2) is 9.78 Å². The fourth-order valence-corrected chi connectivity index (χ4v) is 3.33. The molecule has 2 amide bonds. The summed E-state index contributed by atoms with van der Waals surface area (Å²) in [5.41, 5.74) is 2.12. The number of hydrogen-bond acceptors (Lipinski definition) is 8. The number of ether oxygens (including phenoxy) is 1. The van der Waals surface area contributed by atoms with Crippen molar-refractivity contribution in [3.8, 4) is 34.4 Å². The number of carbonyl (C=O) groups excluding carboxylic acids is 2. The highest BCUT2D eigenvalue weighted by Gasteiger charge is 2.22. The lowest BCUT2D eigenvalue weighted by Gasteiger charge is -2.21. The SMILES string of the molecule is C[C@H](NC(=O)OC(C)(C)C)C(=O)NCc1cccc(-c2ocnc2-c2nnc(-c3ccccc3)o2)c1. The third-order valence-corrected chi connectivity index (χ3v) is 5.00. The van der Waals surface area contributed by atoms with Crippen molar-refractivity contribution in [2.24, 2.45) is 0 Å². The molecule has 0 fully saturated rings. The number of nitrogens with one attached hydrogen (secondary N) is 2. The smallest absolute Gasteiger partial charge is 0.408 e. The van der Waals surface area contributed by atoms with E-state index in [0.717, 1.165) is 16.7 Å². The molecule has 2 aromatic carbocycles. The van der Waals surface area contributed by atoms with E-state index < -0.39 is 17.7 Å². The van der Waals surface area contributed by atoms with E-state index >= 15 is 0 Å². The minimum absolute atomic E-state index is 0.235. The molecule has 0 spiro atoms. The second-order valence-electron chi connectivity index (χ2n) is 9.09. The van der Waals surface area contributed by atoms with Crippen LogP contribution in [0.4, 0.5) is 4.79 Å². The molecule has 0 aliphatic heterocycles. The summed E-state index contributed by atoms with van der Waals surface area (Å²) >= 11 is 0. The molecule has 10 heteroatoms. The zero-order valence-electron chi connectivity index (χ0n) is 20.4. The molecule has 2 heterocycles. The number of amides is 2. The van der Waals surface area contributed by atoms with Gasteiger partial charge in [0, 0.05) is 17.7 Å². The van der Waals surface area contributed by atoms with Crippen LogP contribution in [0.2, 0.25) is 0 Å². The van der Waals surface area contributed by atoms with Crippen molar-refractivity contribution in [2.75, 3.05) is 0 Å². The first-order valence-corrected chi connectivity index (χ1v) is 11.4. The van der Waals surface area contributed by atoms with Crippen molar-refractivity contribution in [2.45, 2.75) is 45.9 Å². The van der Waals surface area contributed by atoms with E-state index in [1.54, 1.807) is 27.7 Å². The Morgan fingerprint density at radius 1 is 1.00 bits per heavy atom. The summed E-state index contributed by atoms with van der Waals surface area (Å²) in [7, 11) is 0. The van der Waals surface area contributed by atoms with Gasteiger partial charge in [-0.3, -0.25) is 4.79 Å². The molecule has 2 N–H and O–H groups in total. The summed E-state index contributed by atoms with van der Waals surface area (Å²) in [5.74, 6) is 0.737. The van der Waals surface area contributed by atoms with E-state index in [1.165, 1.54) is 6.39 Å². The lowest BCUT2D eigenvalue weighted by atomic mass is 10.1. The maximum absolute atomic E-state index is 12.5. The van der Waals surface area contributed by atoms with Gasteiger partial charge in [0.1, 0.15) is 11.6 Å². The molecule has 1 atom stereocenters. The quantitative estimate of drug-likeness (QED) is 0.385. The summed E-state index contributed by atoms with van der Waals surface area (Å²) in [4.78, 5) is 28.6. The van der Waals surface area contributed by atoms with E-state index in [1.807, 2.05) is 54.6 Å². The van der Waals surface area contributed by atoms with Gasteiger partial charge in [0.25, 0.3) is 5.89 Å². The Hall–Kier alpha value is -4.47. The van der Waals surface area contributed by atoms with Crippen molar-refractivity contribution in [1.29, 1.82) is 0 Å². The van der Waals surface area contributed by atoms with Crippen molar-refractivity contribution in [3.63, 3.8) is 0 Å². The van der Waals surface area contributed by atoms with Crippen LogP contribution in [0, 0.1) is 0 Å². The van der Waals surface area contributed by atoms with Gasteiger partial charge >= 0.3 is 6.09 Å². The van der Waals surface area contributed by atoms with E-state index in [9.17, 15) is 9.59 Å². The number of alkyl carbamates (subject to hydrolysis) is 1. The lowest BCUT2D eigenvalue weighted by molar-refractivity contribution is -0.122. The Morgan fingerprint density at radius 2 is 1.72 bits per heavy atom. The minimum atomic E-state index is -0.764. The standard InChI is InChI=1S/C26H27N5O5/c1-16(29-25(33)36-26(2,3)4)22(32)27-14-17-9-8-12-19(13-17)21-20(28-15-34-21)24-31-30-23(35-24)18-10-6-5-7-11-18/h5-13,15-16H,14H2,1-4H3,(H,27,32)(H,29,33)/t16-/m0/s1. The highest BCUT2D eigenvalue weighted by Crippen LogP contribution is 2.32. The van der Waals surface area contributed by atoms with Crippen LogP contribution in [0.1, 0.15) is 33.3 Å². The second kappa shape index (κ2) is 10.4. The predicted molar refractivity (Wildman–Crippen MR) is 131 cm³/mol. The first kappa shape index (κ1) is 24.6. The zero-order chi connectivity index (χ0) is 25.7.